The Morgan fingerprint density at radius 1 is 0.804 bits per heavy atom. The van der Waals surface area contributed by atoms with E-state index in [1.165, 1.54) is 17.0 Å². The summed E-state index contributed by atoms with van der Waals surface area (Å²) >= 11 is 6.56. The van der Waals surface area contributed by atoms with Gasteiger partial charge in [0.05, 0.1) is 15.6 Å². The highest BCUT2D eigenvalue weighted by molar-refractivity contribution is 7.92. The normalized spacial score (nSPS) is 14.3. The van der Waals surface area contributed by atoms with Crippen LogP contribution in [-0.4, -0.2) is 43.8 Å². The zero-order valence-electron chi connectivity index (χ0n) is 26.0. The summed E-state index contributed by atoms with van der Waals surface area (Å²) in [6, 6.07) is 31.2. The van der Waals surface area contributed by atoms with Gasteiger partial charge in [0.2, 0.25) is 11.8 Å². The fourth-order valence-corrected chi connectivity index (χ4v) is 7.60. The van der Waals surface area contributed by atoms with Crippen molar-refractivity contribution in [2.45, 2.75) is 69.0 Å². The molecule has 0 aromatic heterocycles. The smallest absolute Gasteiger partial charge is 0.264 e. The van der Waals surface area contributed by atoms with Crippen LogP contribution in [-0.2, 0) is 32.6 Å². The average molecular weight is 658 g/mol. The number of sulfonamides is 1. The van der Waals surface area contributed by atoms with Crippen molar-refractivity contribution in [2.24, 2.45) is 0 Å². The van der Waals surface area contributed by atoms with Gasteiger partial charge in [-0.25, -0.2) is 8.42 Å². The maximum Gasteiger partial charge on any atom is 0.264 e. The van der Waals surface area contributed by atoms with Gasteiger partial charge in [-0.2, -0.15) is 0 Å². The number of amides is 2. The minimum absolute atomic E-state index is 0.0368. The van der Waals surface area contributed by atoms with Gasteiger partial charge in [0.25, 0.3) is 10.0 Å². The summed E-state index contributed by atoms with van der Waals surface area (Å²) in [6.45, 7) is 1.45. The molecule has 5 rings (SSSR count). The van der Waals surface area contributed by atoms with Crippen molar-refractivity contribution in [1.82, 2.24) is 10.2 Å². The van der Waals surface area contributed by atoms with Crippen molar-refractivity contribution in [3.63, 3.8) is 0 Å². The number of carbonyl (C=O) groups excluding carboxylic acids is 2. The topological polar surface area (TPSA) is 86.8 Å². The first-order valence-electron chi connectivity index (χ1n) is 15.7. The molecule has 1 aliphatic carbocycles. The van der Waals surface area contributed by atoms with Crippen LogP contribution in [0, 0.1) is 6.92 Å². The van der Waals surface area contributed by atoms with Crippen molar-refractivity contribution in [3.8, 4) is 0 Å². The van der Waals surface area contributed by atoms with E-state index in [9.17, 15) is 18.0 Å². The number of benzene rings is 4. The lowest BCUT2D eigenvalue weighted by molar-refractivity contribution is -0.140. The van der Waals surface area contributed by atoms with E-state index in [-0.39, 0.29) is 40.5 Å². The standard InChI is InChI=1S/C37H40ClN3O4S/c1-28-21-23-32(24-22-28)46(44,45)41(34-20-12-11-19-33(34)38)27-36(42)40(26-30-15-7-3-8-16-30)35(25-29-13-5-2-6-14-29)37(43)39-31-17-9-4-10-18-31/h2-3,5-8,11-16,19-24,31,35H,4,9-10,17-18,25-27H2,1H3,(H,39,43). The molecule has 9 heteroatoms. The molecule has 46 heavy (non-hydrogen) atoms. The molecule has 0 heterocycles. The lowest BCUT2D eigenvalue weighted by atomic mass is 9.94. The molecule has 0 radical (unpaired) electrons. The number of halogens is 1. The van der Waals surface area contributed by atoms with Gasteiger partial charge >= 0.3 is 0 Å². The molecule has 240 valence electrons. The van der Waals surface area contributed by atoms with E-state index < -0.39 is 28.5 Å². The Hall–Kier alpha value is -4.14. The molecular weight excluding hydrogens is 618 g/mol. The number of anilines is 1. The van der Waals surface area contributed by atoms with E-state index in [1.54, 1.807) is 36.4 Å². The maximum absolute atomic E-state index is 14.6. The Bertz CT molecular complexity index is 1710. The fraction of sp³-hybridized carbons (Fsp3) is 0.297. The zero-order valence-corrected chi connectivity index (χ0v) is 27.6. The Morgan fingerprint density at radius 2 is 1.39 bits per heavy atom. The van der Waals surface area contributed by atoms with Crippen LogP contribution < -0.4 is 9.62 Å². The van der Waals surface area contributed by atoms with Crippen LogP contribution in [0.1, 0.15) is 48.8 Å². The molecule has 1 N–H and O–H groups in total. The first kappa shape index (κ1) is 33.2. The summed E-state index contributed by atoms with van der Waals surface area (Å²) in [5.41, 5.74) is 2.81. The highest BCUT2D eigenvalue weighted by atomic mass is 35.5. The Labute approximate surface area is 277 Å². The predicted molar refractivity (Wildman–Crippen MR) is 183 cm³/mol. The lowest BCUT2D eigenvalue weighted by Crippen LogP contribution is -2.55. The predicted octanol–water partition coefficient (Wildman–Crippen LogP) is 6.93. The van der Waals surface area contributed by atoms with Crippen LogP contribution in [0.5, 0.6) is 0 Å². The summed E-state index contributed by atoms with van der Waals surface area (Å²) in [4.78, 5) is 30.3. The molecular formula is C37H40ClN3O4S. The van der Waals surface area contributed by atoms with Gasteiger partial charge in [-0.1, -0.05) is 121 Å². The second kappa shape index (κ2) is 15.4. The number of carbonyl (C=O) groups is 2. The first-order valence-corrected chi connectivity index (χ1v) is 17.6. The molecule has 4 aromatic rings. The Morgan fingerprint density at radius 3 is 2.02 bits per heavy atom. The number of hydrogen-bond donors (Lipinski definition) is 1. The zero-order chi connectivity index (χ0) is 32.5. The van der Waals surface area contributed by atoms with E-state index in [0.717, 1.165) is 53.1 Å². The first-order chi connectivity index (χ1) is 22.2. The summed E-state index contributed by atoms with van der Waals surface area (Å²) in [5.74, 6) is -0.759. The highest BCUT2D eigenvalue weighted by Gasteiger charge is 2.36. The van der Waals surface area contributed by atoms with Crippen LogP contribution in [0.25, 0.3) is 0 Å². The van der Waals surface area contributed by atoms with Gasteiger partial charge in [-0.3, -0.25) is 13.9 Å². The van der Waals surface area contributed by atoms with Crippen LogP contribution >= 0.6 is 11.6 Å². The molecule has 4 aromatic carbocycles. The quantitative estimate of drug-likeness (QED) is 0.179. The van der Waals surface area contributed by atoms with Crippen molar-refractivity contribution in [1.29, 1.82) is 0 Å². The van der Waals surface area contributed by atoms with Crippen LogP contribution in [0.15, 0.2) is 114 Å². The Kier molecular flexibility index (Phi) is 11.1. The molecule has 1 unspecified atom stereocenters. The van der Waals surface area contributed by atoms with Crippen molar-refractivity contribution < 1.29 is 18.0 Å². The SMILES string of the molecule is Cc1ccc(S(=O)(=O)N(CC(=O)N(Cc2ccccc2)C(Cc2ccccc2)C(=O)NC2CCCCC2)c2ccccc2Cl)cc1. The molecule has 0 saturated heterocycles. The minimum atomic E-state index is -4.22. The number of hydrogen-bond acceptors (Lipinski definition) is 4. The number of nitrogens with one attached hydrogen (secondary N) is 1. The summed E-state index contributed by atoms with van der Waals surface area (Å²) < 4.78 is 29.4. The molecule has 1 saturated carbocycles. The van der Waals surface area contributed by atoms with E-state index in [4.69, 9.17) is 11.6 Å². The van der Waals surface area contributed by atoms with Gasteiger partial charge in [0, 0.05) is 19.0 Å². The molecule has 1 fully saturated rings. The van der Waals surface area contributed by atoms with E-state index >= 15 is 0 Å². The number of nitrogens with zero attached hydrogens (tertiary/aromatic N) is 2. The van der Waals surface area contributed by atoms with Crippen LogP contribution in [0.3, 0.4) is 0 Å². The van der Waals surface area contributed by atoms with Crippen molar-refractivity contribution in [3.05, 3.63) is 131 Å². The van der Waals surface area contributed by atoms with Gasteiger partial charge in [-0.15, -0.1) is 0 Å². The summed E-state index contributed by atoms with van der Waals surface area (Å²) in [5, 5.41) is 3.42. The molecule has 0 bridgehead atoms. The summed E-state index contributed by atoms with van der Waals surface area (Å²) in [6.07, 6.45) is 5.30. The monoisotopic (exact) mass is 657 g/mol. The molecule has 1 aliphatic rings. The third kappa shape index (κ3) is 8.36. The second-order valence-electron chi connectivity index (χ2n) is 11.8. The number of rotatable bonds is 12. The van der Waals surface area contributed by atoms with Gasteiger partial charge in [0.15, 0.2) is 0 Å². The highest BCUT2D eigenvalue weighted by Crippen LogP contribution is 2.31. The third-order valence-electron chi connectivity index (χ3n) is 8.43. The molecule has 0 aliphatic heterocycles. The lowest BCUT2D eigenvalue weighted by Gasteiger charge is -2.35. The third-order valence-corrected chi connectivity index (χ3v) is 10.5. The van der Waals surface area contributed by atoms with Gasteiger partial charge in [-0.05, 0) is 55.2 Å². The molecule has 1 atom stereocenters. The van der Waals surface area contributed by atoms with Crippen molar-refractivity contribution >= 4 is 39.1 Å². The fourth-order valence-electron chi connectivity index (χ4n) is 5.88. The van der Waals surface area contributed by atoms with Crippen molar-refractivity contribution in [2.75, 3.05) is 10.8 Å². The molecule has 2 amide bonds. The maximum atomic E-state index is 14.6. The van der Waals surface area contributed by atoms with Gasteiger partial charge in [0.1, 0.15) is 12.6 Å². The number of para-hydroxylation sites is 1. The average Bonchev–Trinajstić information content (AvgIpc) is 3.07. The molecule has 7 nitrogen and oxygen atoms in total. The Balaban J connectivity index is 1.55. The van der Waals surface area contributed by atoms with E-state index in [2.05, 4.69) is 5.32 Å². The minimum Gasteiger partial charge on any atom is -0.352 e. The van der Waals surface area contributed by atoms with Crippen LogP contribution in [0.4, 0.5) is 5.69 Å². The number of aryl methyl sites for hydroxylation is 1. The van der Waals surface area contributed by atoms with Crippen LogP contribution in [0.2, 0.25) is 5.02 Å². The van der Waals surface area contributed by atoms with Gasteiger partial charge < -0.3 is 10.2 Å². The van der Waals surface area contributed by atoms with E-state index in [1.807, 2.05) is 67.6 Å². The summed E-state index contributed by atoms with van der Waals surface area (Å²) in [7, 11) is -4.22. The second-order valence-corrected chi connectivity index (χ2v) is 14.1. The van der Waals surface area contributed by atoms with E-state index in [0.29, 0.717) is 0 Å². The molecule has 0 spiro atoms. The largest absolute Gasteiger partial charge is 0.352 e.